The molecule has 2 atom stereocenters. The number of hydrogen-bond acceptors (Lipinski definition) is 2. The Bertz CT molecular complexity index is 1070. The fourth-order valence-electron chi connectivity index (χ4n) is 3.83. The van der Waals surface area contributed by atoms with Crippen LogP contribution in [-0.2, 0) is 0 Å². The molecule has 1 aromatic carbocycles. The van der Waals surface area contributed by atoms with Crippen LogP contribution in [0.2, 0.25) is 0 Å². The second kappa shape index (κ2) is 5.08. The first kappa shape index (κ1) is 14.0. The predicted molar refractivity (Wildman–Crippen MR) is 95.9 cm³/mol. The van der Waals surface area contributed by atoms with Gasteiger partial charge in [-0.1, -0.05) is 66.8 Å². The van der Waals surface area contributed by atoms with Crippen molar-refractivity contribution >= 4 is 0 Å². The maximum atomic E-state index is 13.1. The van der Waals surface area contributed by atoms with Gasteiger partial charge in [-0.2, -0.15) is 0 Å². The van der Waals surface area contributed by atoms with Gasteiger partial charge in [0.1, 0.15) is 0 Å². The summed E-state index contributed by atoms with van der Waals surface area (Å²) in [5.74, 6) is 0. The number of benzene rings is 1. The summed E-state index contributed by atoms with van der Waals surface area (Å²) < 4.78 is 4.39. The van der Waals surface area contributed by atoms with E-state index in [1.165, 1.54) is 4.57 Å². The molecule has 0 saturated heterocycles. The maximum absolute atomic E-state index is 13.1. The minimum absolute atomic E-state index is 0.257. The summed E-state index contributed by atoms with van der Waals surface area (Å²) in [6.07, 6.45) is 15.8. The topological polar surface area (TPSA) is 48.9 Å². The molecule has 0 radical (unpaired) electrons. The summed E-state index contributed by atoms with van der Waals surface area (Å²) in [4.78, 5) is 26.2. The van der Waals surface area contributed by atoms with E-state index in [1.807, 2.05) is 66.8 Å². The molecule has 2 aromatic rings. The average Bonchev–Trinajstić information content (AvgIpc) is 2.86. The lowest BCUT2D eigenvalue weighted by atomic mass is 9.96. The predicted octanol–water partition coefficient (Wildman–Crippen LogP) is 2.45. The van der Waals surface area contributed by atoms with Crippen molar-refractivity contribution in [2.45, 2.75) is 12.1 Å². The van der Waals surface area contributed by atoms with Crippen LogP contribution in [0.4, 0.5) is 0 Å². The standard InChI is InChI=1S/C20H15N3O2/c24-19-21(15-10-2-1-3-11-15)20(25)23-17-13-7-5-9-14-8-4-6-12-16(18(14)17)22(19)23/h1-13,16-17H/t16-,17-/m0/s1. The van der Waals surface area contributed by atoms with Crippen molar-refractivity contribution in [1.29, 1.82) is 0 Å². The molecule has 1 aliphatic heterocycles. The van der Waals surface area contributed by atoms with Crippen LogP contribution >= 0.6 is 0 Å². The van der Waals surface area contributed by atoms with Crippen LogP contribution in [0.3, 0.4) is 0 Å². The van der Waals surface area contributed by atoms with Gasteiger partial charge >= 0.3 is 11.4 Å². The van der Waals surface area contributed by atoms with E-state index in [2.05, 4.69) is 0 Å². The van der Waals surface area contributed by atoms with Crippen molar-refractivity contribution in [1.82, 2.24) is 13.9 Å². The van der Waals surface area contributed by atoms with Crippen molar-refractivity contribution in [3.8, 4) is 5.69 Å². The highest BCUT2D eigenvalue weighted by Crippen LogP contribution is 2.40. The Morgan fingerprint density at radius 2 is 1.28 bits per heavy atom. The molecule has 3 aliphatic rings. The van der Waals surface area contributed by atoms with E-state index in [9.17, 15) is 9.59 Å². The lowest BCUT2D eigenvalue weighted by Gasteiger charge is -2.12. The van der Waals surface area contributed by atoms with Crippen molar-refractivity contribution in [3.63, 3.8) is 0 Å². The van der Waals surface area contributed by atoms with Gasteiger partial charge in [-0.15, -0.1) is 0 Å². The van der Waals surface area contributed by atoms with E-state index < -0.39 is 0 Å². The Hall–Kier alpha value is -3.34. The van der Waals surface area contributed by atoms with Crippen molar-refractivity contribution in [2.75, 3.05) is 0 Å². The summed E-state index contributed by atoms with van der Waals surface area (Å²) in [5.41, 5.74) is 2.06. The first-order chi connectivity index (χ1) is 12.3. The van der Waals surface area contributed by atoms with Gasteiger partial charge in [0, 0.05) is 0 Å². The summed E-state index contributed by atoms with van der Waals surface area (Å²) in [6.45, 7) is 0. The van der Waals surface area contributed by atoms with Gasteiger partial charge in [0.25, 0.3) is 0 Å². The van der Waals surface area contributed by atoms with E-state index in [-0.39, 0.29) is 23.5 Å². The smallest absolute Gasteiger partial charge is 0.245 e. The van der Waals surface area contributed by atoms with Crippen molar-refractivity contribution in [2.24, 2.45) is 0 Å². The van der Waals surface area contributed by atoms with Crippen LogP contribution in [0.1, 0.15) is 12.1 Å². The minimum Gasteiger partial charge on any atom is -0.245 e. The Labute approximate surface area is 143 Å². The zero-order chi connectivity index (χ0) is 17.0. The Kier molecular flexibility index (Phi) is 2.85. The minimum atomic E-state index is -0.315. The second-order valence-electron chi connectivity index (χ2n) is 6.21. The molecule has 0 spiro atoms. The fraction of sp³-hybridized carbons (Fsp3) is 0.100. The van der Waals surface area contributed by atoms with E-state index in [1.54, 1.807) is 21.5 Å². The molecule has 2 heterocycles. The molecule has 5 nitrogen and oxygen atoms in total. The summed E-state index contributed by atoms with van der Waals surface area (Å²) in [5, 5.41) is 0. The van der Waals surface area contributed by atoms with Crippen LogP contribution in [0.5, 0.6) is 0 Å². The lowest BCUT2D eigenvalue weighted by molar-refractivity contribution is 0.524. The fourth-order valence-corrected chi connectivity index (χ4v) is 3.83. The normalized spacial score (nSPS) is 22.7. The molecule has 1 aromatic heterocycles. The molecule has 0 amide bonds. The quantitative estimate of drug-likeness (QED) is 0.807. The molecule has 5 rings (SSSR count). The number of fused-ring (bicyclic) bond motifs is 3. The average molecular weight is 329 g/mol. The van der Waals surface area contributed by atoms with Crippen molar-refractivity contribution in [3.05, 3.63) is 111 Å². The van der Waals surface area contributed by atoms with Crippen LogP contribution < -0.4 is 11.4 Å². The SMILES string of the molecule is O=c1n(-c2ccccc2)c(=O)n2n1[C@H]1C=CC=CC3=C1[C@@H]2C=CC=C3. The number of aromatic nitrogens is 3. The molecule has 5 heteroatoms. The first-order valence-corrected chi connectivity index (χ1v) is 8.22. The molecule has 0 bridgehead atoms. The molecule has 2 aliphatic carbocycles. The third-order valence-electron chi connectivity index (χ3n) is 4.88. The summed E-state index contributed by atoms with van der Waals surface area (Å²) in [7, 11) is 0. The molecule has 122 valence electrons. The van der Waals surface area contributed by atoms with Crippen LogP contribution in [0.15, 0.2) is 99.7 Å². The zero-order valence-corrected chi connectivity index (χ0v) is 13.3. The van der Waals surface area contributed by atoms with Crippen LogP contribution in [0, 0.1) is 0 Å². The number of para-hydroxylation sites is 1. The van der Waals surface area contributed by atoms with Gasteiger partial charge in [0.15, 0.2) is 0 Å². The molecule has 0 unspecified atom stereocenters. The van der Waals surface area contributed by atoms with Gasteiger partial charge < -0.3 is 0 Å². The highest BCUT2D eigenvalue weighted by atomic mass is 16.2. The number of rotatable bonds is 1. The first-order valence-electron chi connectivity index (χ1n) is 8.22. The van der Waals surface area contributed by atoms with Gasteiger partial charge in [-0.25, -0.2) is 23.5 Å². The van der Waals surface area contributed by atoms with E-state index in [4.69, 9.17) is 0 Å². The Balaban J connectivity index is 1.85. The highest BCUT2D eigenvalue weighted by molar-refractivity contribution is 5.49. The molecular formula is C20H15N3O2. The third kappa shape index (κ3) is 1.83. The van der Waals surface area contributed by atoms with Gasteiger partial charge in [0.2, 0.25) is 0 Å². The Morgan fingerprint density at radius 1 is 0.720 bits per heavy atom. The third-order valence-corrected chi connectivity index (χ3v) is 4.88. The zero-order valence-electron chi connectivity index (χ0n) is 13.3. The lowest BCUT2D eigenvalue weighted by Crippen LogP contribution is -2.30. The maximum Gasteiger partial charge on any atom is 0.352 e. The van der Waals surface area contributed by atoms with Gasteiger partial charge in [-0.05, 0) is 23.3 Å². The number of allylic oxidation sites excluding steroid dienone is 10. The van der Waals surface area contributed by atoms with Gasteiger partial charge in [0.05, 0.1) is 17.8 Å². The molecular weight excluding hydrogens is 314 g/mol. The molecule has 0 fully saturated rings. The van der Waals surface area contributed by atoms with E-state index in [0.717, 1.165) is 11.1 Å². The van der Waals surface area contributed by atoms with Crippen LogP contribution in [-0.4, -0.2) is 13.9 Å². The van der Waals surface area contributed by atoms with E-state index in [0.29, 0.717) is 5.69 Å². The molecule has 0 saturated carbocycles. The number of hydrogen-bond donors (Lipinski definition) is 0. The van der Waals surface area contributed by atoms with Crippen molar-refractivity contribution < 1.29 is 0 Å². The highest BCUT2D eigenvalue weighted by Gasteiger charge is 2.39. The summed E-state index contributed by atoms with van der Waals surface area (Å²) >= 11 is 0. The molecule has 25 heavy (non-hydrogen) atoms. The summed E-state index contributed by atoms with van der Waals surface area (Å²) in [6, 6.07) is 8.54. The van der Waals surface area contributed by atoms with E-state index >= 15 is 0 Å². The second-order valence-corrected chi connectivity index (χ2v) is 6.21. The van der Waals surface area contributed by atoms with Crippen LogP contribution in [0.25, 0.3) is 5.69 Å². The monoisotopic (exact) mass is 329 g/mol. The number of nitrogens with zero attached hydrogens (tertiary/aromatic N) is 3. The largest absolute Gasteiger partial charge is 0.352 e. The Morgan fingerprint density at radius 3 is 1.84 bits per heavy atom. The molecule has 0 N–H and O–H groups in total. The van der Waals surface area contributed by atoms with Gasteiger partial charge in [-0.3, -0.25) is 0 Å².